The molecule has 1 aliphatic heterocycles. The fraction of sp³-hybridized carbons (Fsp3) is 0.226. The van der Waals surface area contributed by atoms with Gasteiger partial charge in [-0.15, -0.1) is 0 Å². The van der Waals surface area contributed by atoms with E-state index in [1.54, 1.807) is 7.11 Å². The first-order valence-corrected chi connectivity index (χ1v) is 12.2. The van der Waals surface area contributed by atoms with Gasteiger partial charge in [-0.25, -0.2) is 4.79 Å². The highest BCUT2D eigenvalue weighted by Crippen LogP contribution is 2.46. The number of rotatable bonds is 6. The average molecular weight is 480 g/mol. The Morgan fingerprint density at radius 2 is 1.61 bits per heavy atom. The molecule has 0 unspecified atom stereocenters. The second-order valence-corrected chi connectivity index (χ2v) is 9.27. The van der Waals surface area contributed by atoms with E-state index in [1.165, 1.54) is 0 Å². The van der Waals surface area contributed by atoms with Crippen LogP contribution in [0.3, 0.4) is 0 Å². The van der Waals surface area contributed by atoms with E-state index >= 15 is 0 Å². The maximum atomic E-state index is 13.7. The van der Waals surface area contributed by atoms with Gasteiger partial charge in [0, 0.05) is 29.3 Å². The predicted molar refractivity (Wildman–Crippen MR) is 138 cm³/mol. The molecule has 5 nitrogen and oxygen atoms in total. The molecule has 0 aromatic heterocycles. The second-order valence-electron chi connectivity index (χ2n) is 9.27. The van der Waals surface area contributed by atoms with E-state index in [0.717, 1.165) is 22.4 Å². The number of nitrogens with one attached hydrogen (secondary N) is 1. The van der Waals surface area contributed by atoms with E-state index in [4.69, 9.17) is 9.47 Å². The van der Waals surface area contributed by atoms with Crippen molar-refractivity contribution in [1.82, 2.24) is 5.32 Å². The Kier molecular flexibility index (Phi) is 6.72. The zero-order valence-corrected chi connectivity index (χ0v) is 20.5. The lowest BCUT2D eigenvalue weighted by Gasteiger charge is -2.36. The number of ether oxygens (including phenoxy) is 2. The molecule has 2 aliphatic rings. The molecule has 0 saturated carbocycles. The van der Waals surface area contributed by atoms with Crippen LogP contribution in [0, 0.1) is 0 Å². The minimum atomic E-state index is -0.524. The first-order chi connectivity index (χ1) is 17.5. The Bertz CT molecular complexity index is 1340. The summed E-state index contributed by atoms with van der Waals surface area (Å²) in [6, 6.07) is 27.3. The normalized spacial score (nSPS) is 19.4. The summed E-state index contributed by atoms with van der Waals surface area (Å²) in [6.07, 6.45) is 1.10. The summed E-state index contributed by atoms with van der Waals surface area (Å²) in [5.41, 5.74) is 5.58. The number of methoxy groups -OCH3 is 1. The highest BCUT2D eigenvalue weighted by molar-refractivity contribution is 6.04. The van der Waals surface area contributed by atoms with Gasteiger partial charge in [0.15, 0.2) is 5.78 Å². The Morgan fingerprint density at radius 3 is 2.33 bits per heavy atom. The lowest BCUT2D eigenvalue weighted by molar-refractivity contribution is -0.140. The van der Waals surface area contributed by atoms with Crippen LogP contribution in [0.4, 0.5) is 0 Å². The molecule has 1 aliphatic carbocycles. The highest BCUT2D eigenvalue weighted by atomic mass is 16.5. The lowest BCUT2D eigenvalue weighted by atomic mass is 9.71. The van der Waals surface area contributed by atoms with E-state index in [1.807, 2.05) is 79.7 Å². The SMILES string of the molecule is COc1cccc([C@H]2C(C(=O)OCc3ccccc3)=C(C)NC3=C2C(=O)C[C@@H](c2ccccc2)C3)c1. The van der Waals surface area contributed by atoms with Crippen molar-refractivity contribution in [2.75, 3.05) is 7.11 Å². The van der Waals surface area contributed by atoms with Crippen LogP contribution in [0.1, 0.15) is 48.3 Å². The van der Waals surface area contributed by atoms with E-state index < -0.39 is 11.9 Å². The van der Waals surface area contributed by atoms with E-state index in [9.17, 15) is 9.59 Å². The molecule has 1 N–H and O–H groups in total. The number of carbonyl (C=O) groups is 2. The molecule has 0 saturated heterocycles. The maximum absolute atomic E-state index is 13.7. The smallest absolute Gasteiger partial charge is 0.337 e. The van der Waals surface area contributed by atoms with Gasteiger partial charge in [0.2, 0.25) is 0 Å². The third-order valence-electron chi connectivity index (χ3n) is 6.96. The summed E-state index contributed by atoms with van der Waals surface area (Å²) >= 11 is 0. The Balaban J connectivity index is 1.53. The third kappa shape index (κ3) is 4.69. The quantitative estimate of drug-likeness (QED) is 0.453. The van der Waals surface area contributed by atoms with E-state index in [-0.39, 0.29) is 18.3 Å². The Labute approximate surface area is 211 Å². The third-order valence-corrected chi connectivity index (χ3v) is 6.96. The summed E-state index contributed by atoms with van der Waals surface area (Å²) in [6.45, 7) is 2.05. The molecule has 5 heteroatoms. The van der Waals surface area contributed by atoms with Gasteiger partial charge >= 0.3 is 5.97 Å². The van der Waals surface area contributed by atoms with Crippen LogP contribution >= 0.6 is 0 Å². The molecule has 2 atom stereocenters. The summed E-state index contributed by atoms with van der Waals surface area (Å²) in [7, 11) is 1.61. The van der Waals surface area contributed by atoms with Crippen molar-refractivity contribution in [3.63, 3.8) is 0 Å². The zero-order chi connectivity index (χ0) is 25.1. The van der Waals surface area contributed by atoms with Gasteiger partial charge in [0.1, 0.15) is 12.4 Å². The van der Waals surface area contributed by atoms with Gasteiger partial charge in [-0.05, 0) is 48.1 Å². The molecule has 36 heavy (non-hydrogen) atoms. The van der Waals surface area contributed by atoms with Crippen LogP contribution in [-0.2, 0) is 20.9 Å². The Hall–Kier alpha value is -4.12. The number of dihydropyridines is 1. The monoisotopic (exact) mass is 479 g/mol. The number of benzene rings is 3. The largest absolute Gasteiger partial charge is 0.497 e. The maximum Gasteiger partial charge on any atom is 0.337 e. The van der Waals surface area contributed by atoms with Gasteiger partial charge < -0.3 is 14.8 Å². The van der Waals surface area contributed by atoms with Crippen LogP contribution < -0.4 is 10.1 Å². The van der Waals surface area contributed by atoms with Crippen LogP contribution in [0.25, 0.3) is 0 Å². The number of esters is 1. The minimum absolute atomic E-state index is 0.0475. The molecule has 3 aromatic carbocycles. The number of Topliss-reactive ketones (excluding diaryl/α,β-unsaturated/α-hetero) is 1. The number of allylic oxidation sites excluding steroid dienone is 3. The first-order valence-electron chi connectivity index (χ1n) is 12.2. The molecular weight excluding hydrogens is 450 g/mol. The molecular formula is C31H29NO4. The molecule has 0 amide bonds. The second kappa shape index (κ2) is 10.2. The number of hydrogen-bond donors (Lipinski definition) is 1. The van der Waals surface area contributed by atoms with Crippen molar-refractivity contribution < 1.29 is 19.1 Å². The molecule has 3 aromatic rings. The fourth-order valence-corrected chi connectivity index (χ4v) is 5.23. The zero-order valence-electron chi connectivity index (χ0n) is 20.5. The summed E-state index contributed by atoms with van der Waals surface area (Å²) < 4.78 is 11.2. The van der Waals surface area contributed by atoms with Crippen molar-refractivity contribution in [1.29, 1.82) is 0 Å². The fourth-order valence-electron chi connectivity index (χ4n) is 5.23. The molecule has 0 fully saturated rings. The molecule has 1 heterocycles. The first kappa shape index (κ1) is 23.6. The van der Waals surface area contributed by atoms with Crippen molar-refractivity contribution in [2.24, 2.45) is 0 Å². The van der Waals surface area contributed by atoms with Gasteiger partial charge in [0.25, 0.3) is 0 Å². The summed E-state index contributed by atoms with van der Waals surface area (Å²) in [5, 5.41) is 3.41. The van der Waals surface area contributed by atoms with Crippen LogP contribution in [0.15, 0.2) is 107 Å². The molecule has 182 valence electrons. The topological polar surface area (TPSA) is 64.6 Å². The molecule has 5 rings (SSSR count). The van der Waals surface area contributed by atoms with Crippen LogP contribution in [-0.4, -0.2) is 18.9 Å². The van der Waals surface area contributed by atoms with E-state index in [0.29, 0.717) is 35.4 Å². The van der Waals surface area contributed by atoms with Gasteiger partial charge in [-0.1, -0.05) is 72.8 Å². The standard InChI is InChI=1S/C31H29NO4/c1-20-28(31(34)36-19-21-10-5-3-6-11-21)29(23-14-9-15-25(16-23)35-2)30-26(32-20)17-24(18-27(30)33)22-12-7-4-8-13-22/h3-16,24,29,32H,17-19H2,1-2H3/t24-,29-/m0/s1. The molecule has 0 radical (unpaired) electrons. The number of ketones is 1. The van der Waals surface area contributed by atoms with Crippen molar-refractivity contribution in [3.05, 3.63) is 124 Å². The Morgan fingerprint density at radius 1 is 0.917 bits per heavy atom. The predicted octanol–water partition coefficient (Wildman–Crippen LogP) is 5.80. The minimum Gasteiger partial charge on any atom is -0.497 e. The average Bonchev–Trinajstić information content (AvgIpc) is 2.92. The van der Waals surface area contributed by atoms with Gasteiger partial charge in [-0.3, -0.25) is 4.79 Å². The van der Waals surface area contributed by atoms with E-state index in [2.05, 4.69) is 17.4 Å². The summed E-state index contributed by atoms with van der Waals surface area (Å²) in [4.78, 5) is 27.2. The van der Waals surface area contributed by atoms with Crippen LogP contribution in [0.5, 0.6) is 5.75 Å². The molecule has 0 bridgehead atoms. The number of carbonyl (C=O) groups excluding carboxylic acids is 2. The van der Waals surface area contributed by atoms with Crippen molar-refractivity contribution in [3.8, 4) is 5.75 Å². The number of hydrogen-bond acceptors (Lipinski definition) is 5. The molecule has 0 spiro atoms. The van der Waals surface area contributed by atoms with Crippen molar-refractivity contribution in [2.45, 2.75) is 38.2 Å². The summed E-state index contributed by atoms with van der Waals surface area (Å²) in [5.74, 6) is -0.139. The van der Waals surface area contributed by atoms with Crippen molar-refractivity contribution >= 4 is 11.8 Å². The highest BCUT2D eigenvalue weighted by Gasteiger charge is 2.41. The van der Waals surface area contributed by atoms with Gasteiger partial charge in [-0.2, -0.15) is 0 Å². The lowest BCUT2D eigenvalue weighted by Crippen LogP contribution is -2.36. The van der Waals surface area contributed by atoms with Gasteiger partial charge in [0.05, 0.1) is 12.7 Å². The van der Waals surface area contributed by atoms with Crippen LogP contribution in [0.2, 0.25) is 0 Å².